The third kappa shape index (κ3) is 3.87. The van der Waals surface area contributed by atoms with E-state index in [0.29, 0.717) is 11.9 Å². The quantitative estimate of drug-likeness (QED) is 0.652. The highest BCUT2D eigenvalue weighted by molar-refractivity contribution is 7.92. The van der Waals surface area contributed by atoms with E-state index in [9.17, 15) is 17.2 Å². The largest absolute Gasteiger partial charge is 0.291 e. The van der Waals surface area contributed by atoms with Crippen LogP contribution in [0.1, 0.15) is 11.1 Å². The maximum atomic E-state index is 13.6. The number of anilines is 1. The second kappa shape index (κ2) is 6.92. The minimum Gasteiger partial charge on any atom is -0.263 e. The van der Waals surface area contributed by atoms with Crippen LogP contribution in [0.4, 0.5) is 14.6 Å². The Hall–Kier alpha value is -3.07. The summed E-state index contributed by atoms with van der Waals surface area (Å²) < 4.78 is 56.1. The van der Waals surface area contributed by atoms with E-state index in [2.05, 4.69) is 21.4 Å². The van der Waals surface area contributed by atoms with Crippen LogP contribution in [-0.2, 0) is 15.9 Å². The Kier molecular flexibility index (Phi) is 4.79. The molecule has 0 bridgehead atoms. The number of rotatable bonds is 6. The Morgan fingerprint density at radius 2 is 1.85 bits per heavy atom. The highest BCUT2D eigenvalue weighted by Gasteiger charge is 2.27. The molecule has 9 heteroatoms. The van der Waals surface area contributed by atoms with Gasteiger partial charge in [-0.25, -0.2) is 13.4 Å². The van der Waals surface area contributed by atoms with Gasteiger partial charge in [0.15, 0.2) is 5.82 Å². The Morgan fingerprint density at radius 1 is 1.15 bits per heavy atom. The Labute approximate surface area is 155 Å². The highest BCUT2D eigenvalue weighted by Crippen LogP contribution is 2.29. The Bertz CT molecular complexity index is 1080. The lowest BCUT2D eigenvalue weighted by atomic mass is 10.1. The smallest absolute Gasteiger partial charge is 0.263 e. The van der Waals surface area contributed by atoms with Crippen LogP contribution in [0.2, 0.25) is 0 Å². The average molecular weight is 390 g/mol. The monoisotopic (exact) mass is 390 g/mol. The molecule has 6 nitrogen and oxygen atoms in total. The van der Waals surface area contributed by atoms with E-state index in [1.54, 1.807) is 18.3 Å². The van der Waals surface area contributed by atoms with Crippen LogP contribution in [0.15, 0.2) is 72.4 Å². The van der Waals surface area contributed by atoms with Crippen LogP contribution in [0.25, 0.3) is 5.82 Å². The molecule has 0 radical (unpaired) electrons. The van der Waals surface area contributed by atoms with E-state index in [1.165, 1.54) is 16.9 Å². The molecule has 27 heavy (non-hydrogen) atoms. The van der Waals surface area contributed by atoms with Crippen molar-refractivity contribution in [1.82, 2.24) is 14.8 Å². The summed E-state index contributed by atoms with van der Waals surface area (Å²) in [6.07, 6.45) is 3.51. The molecular formula is C18H16F2N4O2S. The number of sulfonamides is 1. The lowest BCUT2D eigenvalue weighted by Crippen LogP contribution is -2.17. The molecule has 0 amide bonds. The number of allylic oxidation sites excluding steroid dienone is 1. The maximum Gasteiger partial charge on any atom is 0.291 e. The fourth-order valence-electron chi connectivity index (χ4n) is 2.37. The third-order valence-electron chi connectivity index (χ3n) is 3.81. The molecule has 0 spiro atoms. The lowest BCUT2D eigenvalue weighted by molar-refractivity contribution is 0.0525. The van der Waals surface area contributed by atoms with E-state index in [0.717, 1.165) is 29.8 Å². The zero-order valence-electron chi connectivity index (χ0n) is 14.3. The molecule has 3 aromatic rings. The van der Waals surface area contributed by atoms with Crippen LogP contribution in [0.3, 0.4) is 0 Å². The predicted molar refractivity (Wildman–Crippen MR) is 97.4 cm³/mol. The predicted octanol–water partition coefficient (Wildman–Crippen LogP) is 3.65. The summed E-state index contributed by atoms with van der Waals surface area (Å²) in [6, 6.07) is 9.35. The average Bonchev–Trinajstić information content (AvgIpc) is 3.09. The van der Waals surface area contributed by atoms with Crippen molar-refractivity contribution in [2.75, 3.05) is 4.72 Å². The van der Waals surface area contributed by atoms with Crippen molar-refractivity contribution in [3.05, 3.63) is 78.6 Å². The van der Waals surface area contributed by atoms with Crippen molar-refractivity contribution in [3.63, 3.8) is 0 Å². The molecule has 0 unspecified atom stereocenters. The zero-order chi connectivity index (χ0) is 19.7. The fourth-order valence-corrected chi connectivity index (χ4v) is 3.41. The molecule has 0 saturated heterocycles. The van der Waals surface area contributed by atoms with E-state index in [1.807, 2.05) is 6.92 Å². The molecule has 2 heterocycles. The zero-order valence-corrected chi connectivity index (χ0v) is 15.1. The summed E-state index contributed by atoms with van der Waals surface area (Å²) >= 11 is 0. The first-order valence-electron chi connectivity index (χ1n) is 7.85. The molecule has 1 N–H and O–H groups in total. The fraction of sp³-hybridized carbons (Fsp3) is 0.111. The topological polar surface area (TPSA) is 76.9 Å². The Balaban J connectivity index is 1.90. The number of pyridine rings is 1. The number of halogens is 2. The third-order valence-corrected chi connectivity index (χ3v) is 5.18. The summed E-state index contributed by atoms with van der Waals surface area (Å²) in [7, 11) is -4.00. The molecule has 0 saturated carbocycles. The van der Waals surface area contributed by atoms with Gasteiger partial charge in [-0.15, -0.1) is 0 Å². The highest BCUT2D eigenvalue weighted by atomic mass is 32.2. The van der Waals surface area contributed by atoms with Crippen LogP contribution in [-0.4, -0.2) is 23.2 Å². The van der Waals surface area contributed by atoms with Gasteiger partial charge in [0.1, 0.15) is 5.82 Å². The lowest BCUT2D eigenvalue weighted by Gasteiger charge is -2.13. The van der Waals surface area contributed by atoms with Crippen molar-refractivity contribution in [3.8, 4) is 5.82 Å². The minimum atomic E-state index is -4.00. The standard InChI is InChI=1S/C18H16F2N4O2S/c1-3-18(19,20)14-4-6-15(7-5-14)27(25,26)23-16-9-11-22-24(16)17-12-13(2)8-10-21-17/h3-12,23H,1H2,2H3. The molecule has 3 rings (SSSR count). The number of hydrogen-bond donors (Lipinski definition) is 1. The van der Waals surface area contributed by atoms with Gasteiger partial charge >= 0.3 is 0 Å². The normalized spacial score (nSPS) is 12.0. The number of alkyl halides is 2. The molecule has 140 valence electrons. The number of nitrogens with zero attached hydrogens (tertiary/aromatic N) is 3. The maximum absolute atomic E-state index is 13.6. The van der Waals surface area contributed by atoms with Crippen molar-refractivity contribution in [2.24, 2.45) is 0 Å². The van der Waals surface area contributed by atoms with Gasteiger partial charge in [-0.1, -0.05) is 18.7 Å². The number of nitrogens with one attached hydrogen (secondary N) is 1. The van der Waals surface area contributed by atoms with Crippen LogP contribution in [0.5, 0.6) is 0 Å². The number of benzene rings is 1. The molecule has 0 atom stereocenters. The van der Waals surface area contributed by atoms with Crippen LogP contribution < -0.4 is 4.72 Å². The van der Waals surface area contributed by atoms with Gasteiger partial charge < -0.3 is 0 Å². The molecular weight excluding hydrogens is 374 g/mol. The summed E-state index contributed by atoms with van der Waals surface area (Å²) in [5.74, 6) is -2.61. The van der Waals surface area contributed by atoms with Gasteiger partial charge in [0.05, 0.1) is 11.1 Å². The summed E-state index contributed by atoms with van der Waals surface area (Å²) in [5.41, 5.74) is 0.591. The minimum absolute atomic E-state index is 0.156. The summed E-state index contributed by atoms with van der Waals surface area (Å²) in [5, 5.41) is 4.08. The first-order chi connectivity index (χ1) is 12.7. The van der Waals surface area contributed by atoms with Crippen molar-refractivity contribution in [1.29, 1.82) is 0 Å². The first kappa shape index (κ1) is 18.7. The van der Waals surface area contributed by atoms with Crippen LogP contribution in [0, 0.1) is 6.92 Å². The van der Waals surface area contributed by atoms with Gasteiger partial charge in [-0.2, -0.15) is 18.6 Å². The Morgan fingerprint density at radius 3 is 2.48 bits per heavy atom. The number of aromatic nitrogens is 3. The second-order valence-corrected chi connectivity index (χ2v) is 7.46. The summed E-state index contributed by atoms with van der Waals surface area (Å²) in [4.78, 5) is 4.01. The van der Waals surface area contributed by atoms with E-state index >= 15 is 0 Å². The first-order valence-corrected chi connectivity index (χ1v) is 9.33. The van der Waals surface area contributed by atoms with E-state index in [4.69, 9.17) is 0 Å². The van der Waals surface area contributed by atoms with E-state index < -0.39 is 15.9 Å². The molecule has 1 aromatic carbocycles. The second-order valence-electron chi connectivity index (χ2n) is 5.78. The number of aryl methyl sites for hydroxylation is 1. The molecule has 0 aliphatic heterocycles. The molecule has 0 fully saturated rings. The molecule has 0 aliphatic carbocycles. The van der Waals surface area contributed by atoms with E-state index in [-0.39, 0.29) is 16.3 Å². The van der Waals surface area contributed by atoms with Gasteiger partial charge in [0, 0.05) is 17.8 Å². The van der Waals surface area contributed by atoms with Gasteiger partial charge in [-0.3, -0.25) is 4.72 Å². The van der Waals surface area contributed by atoms with Crippen molar-refractivity contribution < 1.29 is 17.2 Å². The van der Waals surface area contributed by atoms with Crippen molar-refractivity contribution in [2.45, 2.75) is 17.7 Å². The van der Waals surface area contributed by atoms with Crippen molar-refractivity contribution >= 4 is 15.8 Å². The van der Waals surface area contributed by atoms with Gasteiger partial charge in [-0.05, 0) is 42.8 Å². The molecule has 0 aliphatic rings. The summed E-state index contributed by atoms with van der Waals surface area (Å²) in [6.45, 7) is 4.95. The van der Waals surface area contributed by atoms with Gasteiger partial charge in [0.2, 0.25) is 0 Å². The molecule has 2 aromatic heterocycles. The van der Waals surface area contributed by atoms with Crippen LogP contribution >= 0.6 is 0 Å². The SMILES string of the molecule is C=CC(F)(F)c1ccc(S(=O)(=O)Nc2ccnn2-c2cc(C)ccn2)cc1. The van der Waals surface area contributed by atoms with Gasteiger partial charge in [0.25, 0.3) is 15.9 Å². The number of hydrogen-bond acceptors (Lipinski definition) is 4.